The van der Waals surface area contributed by atoms with Crippen molar-refractivity contribution in [2.24, 2.45) is 0 Å². The number of benzene rings is 3. The molecule has 5 heteroatoms. The van der Waals surface area contributed by atoms with Crippen molar-refractivity contribution in [2.45, 2.75) is 0 Å². The van der Waals surface area contributed by atoms with Crippen molar-refractivity contribution in [3.8, 4) is 33.6 Å². The van der Waals surface area contributed by atoms with E-state index in [0.29, 0.717) is 0 Å². The monoisotopic (exact) mass is 553 g/mol. The van der Waals surface area contributed by atoms with Crippen LogP contribution >= 0.6 is 0 Å². The summed E-state index contributed by atoms with van der Waals surface area (Å²) in [6.45, 7) is 0. The molecule has 4 nitrogen and oxygen atoms in total. The molecule has 0 N–H and O–H groups in total. The second-order valence-corrected chi connectivity index (χ2v) is 6.31. The molecule has 0 amide bonds. The van der Waals surface area contributed by atoms with Gasteiger partial charge in [0.2, 0.25) is 0 Å². The maximum atomic E-state index is 4.35. The fourth-order valence-electron chi connectivity index (χ4n) is 3.25. The fraction of sp³-hybridized carbons (Fsp3) is 0. The minimum absolute atomic E-state index is 0. The minimum atomic E-state index is 0. The SMILES string of the molecule is [Pt+2].[c-]1c(-c2ccncn2)cccc1-c1cccc2ccc(-c3ccncn3)[c-]c12. The molecule has 0 radical (unpaired) electrons. The number of hydrogen-bond donors (Lipinski definition) is 0. The Labute approximate surface area is 183 Å². The Hall–Kier alpha value is -3.23. The van der Waals surface area contributed by atoms with E-state index in [2.05, 4.69) is 62.4 Å². The summed E-state index contributed by atoms with van der Waals surface area (Å²) in [4.78, 5) is 16.7. The number of hydrogen-bond acceptors (Lipinski definition) is 4. The van der Waals surface area contributed by atoms with Crippen LogP contribution in [-0.2, 0) is 21.1 Å². The van der Waals surface area contributed by atoms with Gasteiger partial charge in [-0.1, -0.05) is 52.4 Å². The number of rotatable bonds is 3. The molecule has 140 valence electrons. The van der Waals surface area contributed by atoms with Crippen molar-refractivity contribution >= 4 is 10.8 Å². The van der Waals surface area contributed by atoms with E-state index in [4.69, 9.17) is 0 Å². The molecule has 5 rings (SSSR count). The molecule has 0 saturated heterocycles. The van der Waals surface area contributed by atoms with Gasteiger partial charge in [-0.2, -0.15) is 0 Å². The summed E-state index contributed by atoms with van der Waals surface area (Å²) in [6.07, 6.45) is 6.58. The van der Waals surface area contributed by atoms with Crippen molar-refractivity contribution in [3.63, 3.8) is 0 Å². The summed E-state index contributed by atoms with van der Waals surface area (Å²) in [5.74, 6) is 0. The van der Waals surface area contributed by atoms with E-state index >= 15 is 0 Å². The van der Waals surface area contributed by atoms with Crippen LogP contribution in [0, 0.1) is 12.1 Å². The summed E-state index contributed by atoms with van der Waals surface area (Å²) in [5.41, 5.74) is 5.65. The molecular formula is C24H14N4Pt. The number of aromatic nitrogens is 4. The van der Waals surface area contributed by atoms with Gasteiger partial charge in [0, 0.05) is 23.8 Å². The van der Waals surface area contributed by atoms with E-state index in [0.717, 1.165) is 44.4 Å². The van der Waals surface area contributed by atoms with Crippen LogP contribution in [-0.4, -0.2) is 19.9 Å². The molecule has 0 atom stereocenters. The fourth-order valence-corrected chi connectivity index (χ4v) is 3.25. The minimum Gasteiger partial charge on any atom is -0.276 e. The maximum Gasteiger partial charge on any atom is 2.00 e. The molecule has 5 aromatic rings. The standard InChI is InChI=1S/C24H14N4.Pt/c1-4-18(13-19(5-1)23-9-11-25-15-27-23)21-6-2-3-17-7-8-20(14-22(17)21)24-10-12-26-16-28-24;/h1-12,15-16H;/q-2;+2. The molecule has 0 aliphatic carbocycles. The largest absolute Gasteiger partial charge is 2.00 e. The van der Waals surface area contributed by atoms with E-state index in [9.17, 15) is 0 Å². The van der Waals surface area contributed by atoms with Crippen molar-refractivity contribution in [1.29, 1.82) is 0 Å². The van der Waals surface area contributed by atoms with Crippen LogP contribution in [0.4, 0.5) is 0 Å². The molecule has 0 aliphatic heterocycles. The molecule has 3 aromatic carbocycles. The maximum absolute atomic E-state index is 4.35. The first-order valence-electron chi connectivity index (χ1n) is 8.89. The summed E-state index contributed by atoms with van der Waals surface area (Å²) >= 11 is 0. The van der Waals surface area contributed by atoms with Gasteiger partial charge in [0.25, 0.3) is 0 Å². The zero-order chi connectivity index (χ0) is 18.8. The Kier molecular flexibility index (Phi) is 5.54. The second-order valence-electron chi connectivity index (χ2n) is 6.31. The van der Waals surface area contributed by atoms with Gasteiger partial charge < -0.3 is 0 Å². The average molecular weight is 553 g/mol. The van der Waals surface area contributed by atoms with Crippen LogP contribution in [0.2, 0.25) is 0 Å². The van der Waals surface area contributed by atoms with Crippen LogP contribution in [0.5, 0.6) is 0 Å². The van der Waals surface area contributed by atoms with Crippen molar-refractivity contribution < 1.29 is 21.1 Å². The zero-order valence-corrected chi connectivity index (χ0v) is 17.5. The van der Waals surface area contributed by atoms with E-state index in [-0.39, 0.29) is 21.1 Å². The molecule has 0 fully saturated rings. The third kappa shape index (κ3) is 3.85. The van der Waals surface area contributed by atoms with Gasteiger partial charge in [0.15, 0.2) is 0 Å². The van der Waals surface area contributed by atoms with Crippen LogP contribution in [0.1, 0.15) is 0 Å². The quantitative estimate of drug-likeness (QED) is 0.295. The molecule has 2 heterocycles. The summed E-state index contributed by atoms with van der Waals surface area (Å²) in [7, 11) is 0. The van der Waals surface area contributed by atoms with Gasteiger partial charge >= 0.3 is 21.1 Å². The van der Waals surface area contributed by atoms with E-state index < -0.39 is 0 Å². The Morgan fingerprint density at radius 3 is 1.93 bits per heavy atom. The first-order chi connectivity index (χ1) is 13.9. The van der Waals surface area contributed by atoms with Gasteiger partial charge in [0.05, 0.1) is 0 Å². The van der Waals surface area contributed by atoms with Crippen molar-refractivity contribution in [3.05, 3.63) is 97.8 Å². The smallest absolute Gasteiger partial charge is 0.276 e. The molecule has 29 heavy (non-hydrogen) atoms. The molecule has 0 saturated carbocycles. The van der Waals surface area contributed by atoms with Gasteiger partial charge in [-0.3, -0.25) is 9.97 Å². The first kappa shape index (κ1) is 19.1. The zero-order valence-electron chi connectivity index (χ0n) is 15.2. The summed E-state index contributed by atoms with van der Waals surface area (Å²) < 4.78 is 0. The van der Waals surface area contributed by atoms with Crippen molar-refractivity contribution in [2.75, 3.05) is 0 Å². The normalized spacial score (nSPS) is 10.5. The predicted octanol–water partition coefficient (Wildman–Crippen LogP) is 5.02. The number of fused-ring (bicyclic) bond motifs is 1. The first-order valence-corrected chi connectivity index (χ1v) is 8.89. The Morgan fingerprint density at radius 2 is 1.24 bits per heavy atom. The van der Waals surface area contributed by atoms with E-state index in [1.165, 1.54) is 0 Å². The van der Waals surface area contributed by atoms with Gasteiger partial charge in [-0.15, -0.1) is 53.4 Å². The predicted molar refractivity (Wildman–Crippen MR) is 109 cm³/mol. The molecule has 0 aliphatic rings. The van der Waals surface area contributed by atoms with Gasteiger partial charge in [-0.05, 0) is 0 Å². The topological polar surface area (TPSA) is 51.6 Å². The van der Waals surface area contributed by atoms with Crippen molar-refractivity contribution in [1.82, 2.24) is 19.9 Å². The molecular weight excluding hydrogens is 539 g/mol. The Bertz CT molecular complexity index is 1260. The van der Waals surface area contributed by atoms with Gasteiger partial charge in [-0.25, -0.2) is 9.97 Å². The van der Waals surface area contributed by atoms with Crippen LogP contribution in [0.3, 0.4) is 0 Å². The van der Waals surface area contributed by atoms with Crippen LogP contribution in [0.25, 0.3) is 44.4 Å². The van der Waals surface area contributed by atoms with Crippen LogP contribution < -0.4 is 0 Å². The Morgan fingerprint density at radius 1 is 0.586 bits per heavy atom. The number of nitrogens with zero attached hydrogens (tertiary/aromatic N) is 4. The summed E-state index contributed by atoms with van der Waals surface area (Å²) in [5, 5.41) is 2.16. The molecule has 2 aromatic heterocycles. The molecule has 0 spiro atoms. The third-order valence-electron chi connectivity index (χ3n) is 4.59. The third-order valence-corrected chi connectivity index (χ3v) is 4.59. The Balaban J connectivity index is 0.00000205. The second kappa shape index (κ2) is 8.42. The molecule has 0 bridgehead atoms. The average Bonchev–Trinajstić information content (AvgIpc) is 2.79. The molecule has 0 unspecified atom stereocenters. The van der Waals surface area contributed by atoms with Crippen LogP contribution in [0.15, 0.2) is 85.7 Å². The van der Waals surface area contributed by atoms with Gasteiger partial charge in [0.1, 0.15) is 12.7 Å². The van der Waals surface area contributed by atoms with E-state index in [1.54, 1.807) is 25.0 Å². The van der Waals surface area contributed by atoms with E-state index in [1.807, 2.05) is 30.3 Å². The summed E-state index contributed by atoms with van der Waals surface area (Å²) in [6, 6.07) is 27.3.